The Kier molecular flexibility index (Phi) is 3.57. The lowest BCUT2D eigenvalue weighted by molar-refractivity contribution is 0.597. The molecular formula is C15H13NOS2. The minimum Gasteiger partial charge on any atom is -0.606 e. The SMILES string of the molecule is NCc1ccc([S+]([O-])c2ccc3ccccc3c2)s1. The maximum absolute atomic E-state index is 12.5. The van der Waals surface area contributed by atoms with Crippen LogP contribution in [0.25, 0.3) is 10.8 Å². The van der Waals surface area contributed by atoms with Crippen LogP contribution in [-0.2, 0) is 17.7 Å². The topological polar surface area (TPSA) is 49.1 Å². The van der Waals surface area contributed by atoms with E-state index in [1.165, 1.54) is 11.3 Å². The van der Waals surface area contributed by atoms with Crippen LogP contribution in [0.2, 0.25) is 0 Å². The van der Waals surface area contributed by atoms with Crippen LogP contribution in [0.4, 0.5) is 0 Å². The lowest BCUT2D eigenvalue weighted by atomic mass is 10.1. The van der Waals surface area contributed by atoms with Gasteiger partial charge in [-0.25, -0.2) is 0 Å². The highest BCUT2D eigenvalue weighted by Gasteiger charge is 2.17. The summed E-state index contributed by atoms with van der Waals surface area (Å²) in [7, 11) is 0. The molecule has 0 saturated heterocycles. The molecule has 4 heteroatoms. The van der Waals surface area contributed by atoms with Crippen molar-refractivity contribution < 1.29 is 4.55 Å². The van der Waals surface area contributed by atoms with Crippen molar-refractivity contribution in [3.63, 3.8) is 0 Å². The normalized spacial score (nSPS) is 12.7. The number of fused-ring (bicyclic) bond motifs is 1. The van der Waals surface area contributed by atoms with E-state index >= 15 is 0 Å². The van der Waals surface area contributed by atoms with Crippen LogP contribution in [0.15, 0.2) is 63.7 Å². The minimum atomic E-state index is -1.12. The maximum atomic E-state index is 12.5. The van der Waals surface area contributed by atoms with E-state index in [1.54, 1.807) is 0 Å². The molecule has 96 valence electrons. The quantitative estimate of drug-likeness (QED) is 0.749. The average molecular weight is 287 g/mol. The summed E-state index contributed by atoms with van der Waals surface area (Å²) >= 11 is 0.395. The molecule has 2 N–H and O–H groups in total. The summed E-state index contributed by atoms with van der Waals surface area (Å²) in [5, 5.41) is 2.28. The first kappa shape index (κ1) is 12.7. The summed E-state index contributed by atoms with van der Waals surface area (Å²) in [5.74, 6) is 0. The van der Waals surface area contributed by atoms with Crippen molar-refractivity contribution in [2.24, 2.45) is 5.73 Å². The van der Waals surface area contributed by atoms with Crippen molar-refractivity contribution in [1.29, 1.82) is 0 Å². The van der Waals surface area contributed by atoms with Gasteiger partial charge in [-0.05, 0) is 29.0 Å². The summed E-state index contributed by atoms with van der Waals surface area (Å²) in [5.41, 5.74) is 5.59. The third-order valence-electron chi connectivity index (χ3n) is 2.96. The smallest absolute Gasteiger partial charge is 0.212 e. The van der Waals surface area contributed by atoms with Gasteiger partial charge in [0.25, 0.3) is 0 Å². The van der Waals surface area contributed by atoms with Crippen LogP contribution in [-0.4, -0.2) is 4.55 Å². The summed E-state index contributed by atoms with van der Waals surface area (Å²) in [6.45, 7) is 0.500. The molecule has 1 aromatic heterocycles. The molecule has 1 unspecified atom stereocenters. The van der Waals surface area contributed by atoms with E-state index in [-0.39, 0.29) is 0 Å². The van der Waals surface area contributed by atoms with Gasteiger partial charge < -0.3 is 10.3 Å². The number of thiophene rings is 1. The van der Waals surface area contributed by atoms with Gasteiger partial charge in [0.2, 0.25) is 4.21 Å². The third-order valence-corrected chi connectivity index (χ3v) is 5.75. The van der Waals surface area contributed by atoms with Crippen molar-refractivity contribution in [3.8, 4) is 0 Å². The van der Waals surface area contributed by atoms with Crippen LogP contribution in [0.1, 0.15) is 4.88 Å². The van der Waals surface area contributed by atoms with E-state index in [2.05, 4.69) is 6.07 Å². The Morgan fingerprint density at radius 2 is 1.79 bits per heavy atom. The molecule has 1 heterocycles. The molecule has 0 aliphatic heterocycles. The molecule has 0 bridgehead atoms. The molecule has 19 heavy (non-hydrogen) atoms. The Morgan fingerprint density at radius 1 is 1.00 bits per heavy atom. The second-order valence-electron chi connectivity index (χ2n) is 4.20. The first-order valence-electron chi connectivity index (χ1n) is 5.97. The molecule has 3 rings (SSSR count). The zero-order valence-corrected chi connectivity index (χ0v) is 11.8. The fraction of sp³-hybridized carbons (Fsp3) is 0.0667. The van der Waals surface area contributed by atoms with E-state index in [1.807, 2.05) is 48.5 Å². The fourth-order valence-corrected chi connectivity index (χ4v) is 4.34. The van der Waals surface area contributed by atoms with Crippen LogP contribution in [0.5, 0.6) is 0 Å². The Balaban J connectivity index is 1.98. The molecule has 0 saturated carbocycles. The lowest BCUT2D eigenvalue weighted by Gasteiger charge is -2.08. The molecular weight excluding hydrogens is 274 g/mol. The zero-order valence-electron chi connectivity index (χ0n) is 10.2. The van der Waals surface area contributed by atoms with Crippen LogP contribution < -0.4 is 5.73 Å². The summed E-state index contributed by atoms with van der Waals surface area (Å²) in [4.78, 5) is 1.90. The Morgan fingerprint density at radius 3 is 2.53 bits per heavy atom. The Hall–Kier alpha value is -1.33. The predicted molar refractivity (Wildman–Crippen MR) is 80.8 cm³/mol. The second kappa shape index (κ2) is 5.35. The van der Waals surface area contributed by atoms with Crippen molar-refractivity contribution in [2.75, 3.05) is 0 Å². The molecule has 0 spiro atoms. The first-order chi connectivity index (χ1) is 9.28. The lowest BCUT2D eigenvalue weighted by Crippen LogP contribution is -1.99. The number of nitrogens with two attached hydrogens (primary N) is 1. The van der Waals surface area contributed by atoms with Crippen molar-refractivity contribution in [3.05, 3.63) is 59.5 Å². The van der Waals surface area contributed by atoms with Crippen LogP contribution >= 0.6 is 11.3 Å². The van der Waals surface area contributed by atoms with Gasteiger partial charge in [-0.3, -0.25) is 0 Å². The molecule has 3 aromatic rings. The standard InChI is InChI=1S/C15H13NOS2/c16-10-13-6-8-15(18-13)19(17)14-7-5-11-3-1-2-4-12(11)9-14/h1-9H,10,16H2. The van der Waals surface area contributed by atoms with Gasteiger partial charge >= 0.3 is 0 Å². The van der Waals surface area contributed by atoms with Gasteiger partial charge in [-0.2, -0.15) is 0 Å². The molecule has 0 aliphatic rings. The summed E-state index contributed by atoms with van der Waals surface area (Å²) in [6.07, 6.45) is 0. The van der Waals surface area contributed by atoms with E-state index in [0.717, 1.165) is 24.8 Å². The van der Waals surface area contributed by atoms with E-state index in [9.17, 15) is 4.55 Å². The highest BCUT2D eigenvalue weighted by atomic mass is 32.2. The van der Waals surface area contributed by atoms with E-state index in [4.69, 9.17) is 5.73 Å². The number of hydrogen-bond acceptors (Lipinski definition) is 3. The largest absolute Gasteiger partial charge is 0.606 e. The molecule has 1 atom stereocenters. The third kappa shape index (κ3) is 2.53. The number of rotatable bonds is 3. The van der Waals surface area contributed by atoms with Crippen LogP contribution in [0.3, 0.4) is 0 Å². The highest BCUT2D eigenvalue weighted by Crippen LogP contribution is 2.29. The molecule has 2 nitrogen and oxygen atoms in total. The highest BCUT2D eigenvalue weighted by molar-refractivity contribution is 7.93. The van der Waals surface area contributed by atoms with Gasteiger partial charge in [0, 0.05) is 34.7 Å². The molecule has 0 radical (unpaired) electrons. The number of hydrogen-bond donors (Lipinski definition) is 1. The van der Waals surface area contributed by atoms with Gasteiger partial charge in [0.1, 0.15) is 0 Å². The summed E-state index contributed by atoms with van der Waals surface area (Å²) < 4.78 is 13.4. The first-order valence-corrected chi connectivity index (χ1v) is 7.94. The van der Waals surface area contributed by atoms with Gasteiger partial charge in [-0.1, -0.05) is 35.6 Å². The van der Waals surface area contributed by atoms with Crippen molar-refractivity contribution in [1.82, 2.24) is 0 Å². The Labute approximate surface area is 119 Å². The zero-order chi connectivity index (χ0) is 13.2. The monoisotopic (exact) mass is 287 g/mol. The minimum absolute atomic E-state index is 0.500. The van der Waals surface area contributed by atoms with Gasteiger partial charge in [-0.15, -0.1) is 0 Å². The second-order valence-corrected chi connectivity index (χ2v) is 7.08. The van der Waals surface area contributed by atoms with Crippen molar-refractivity contribution >= 4 is 33.3 Å². The maximum Gasteiger partial charge on any atom is 0.212 e. The van der Waals surface area contributed by atoms with Gasteiger partial charge in [0.05, 0.1) is 0 Å². The fourth-order valence-electron chi connectivity index (χ4n) is 1.97. The summed E-state index contributed by atoms with van der Waals surface area (Å²) in [6, 6.07) is 17.9. The molecule has 2 aromatic carbocycles. The Bertz CT molecular complexity index is 708. The van der Waals surface area contributed by atoms with Crippen LogP contribution in [0, 0.1) is 0 Å². The average Bonchev–Trinajstić information content (AvgIpc) is 2.95. The predicted octanol–water partition coefficient (Wildman–Crippen LogP) is 3.53. The van der Waals surface area contributed by atoms with E-state index in [0.29, 0.717) is 6.54 Å². The van der Waals surface area contributed by atoms with Gasteiger partial charge in [0.15, 0.2) is 4.90 Å². The molecule has 0 aliphatic carbocycles. The molecule has 0 fully saturated rings. The number of benzene rings is 2. The molecule has 0 amide bonds. The van der Waals surface area contributed by atoms with E-state index < -0.39 is 11.2 Å². The van der Waals surface area contributed by atoms with Crippen molar-refractivity contribution in [2.45, 2.75) is 15.6 Å².